The van der Waals surface area contributed by atoms with Gasteiger partial charge in [0.15, 0.2) is 0 Å². The second-order valence-corrected chi connectivity index (χ2v) is 6.72. The van der Waals surface area contributed by atoms with Gasteiger partial charge in [-0.2, -0.15) is 8.70 Å². The molecule has 7 nitrogen and oxygen atoms in total. The summed E-state index contributed by atoms with van der Waals surface area (Å²) >= 11 is 0. The number of aryl methyl sites for hydroxylation is 1. The molecule has 1 aromatic rings. The van der Waals surface area contributed by atoms with E-state index in [1.54, 1.807) is 0 Å². The Balaban J connectivity index is 3.65. The molecule has 0 saturated carbocycles. The minimum absolute atomic E-state index is 0.0765. The Kier molecular flexibility index (Phi) is 5.03. The van der Waals surface area contributed by atoms with E-state index in [2.05, 4.69) is 0 Å². The van der Waals surface area contributed by atoms with Crippen molar-refractivity contribution in [1.82, 2.24) is 4.31 Å². The van der Waals surface area contributed by atoms with Crippen molar-refractivity contribution in [3.05, 3.63) is 33.1 Å². The summed E-state index contributed by atoms with van der Waals surface area (Å²) in [5.74, 6) is -1.08. The van der Waals surface area contributed by atoms with Gasteiger partial charge in [-0.3, -0.25) is 10.1 Å². The molecule has 1 atom stereocenters. The van der Waals surface area contributed by atoms with Crippen LogP contribution in [0, 0.1) is 29.8 Å². The van der Waals surface area contributed by atoms with Gasteiger partial charge in [0, 0.05) is 13.1 Å². The Morgan fingerprint density at radius 3 is 2.43 bits per heavy atom. The van der Waals surface area contributed by atoms with Crippen molar-refractivity contribution < 1.29 is 22.8 Å². The fraction of sp³-hybridized carbons (Fsp3) is 0.500. The highest BCUT2D eigenvalue weighted by molar-refractivity contribution is 7.89. The molecule has 0 heterocycles. The first-order valence-electron chi connectivity index (χ1n) is 6.08. The number of aliphatic hydroxyl groups is 1. The van der Waals surface area contributed by atoms with E-state index in [1.807, 2.05) is 0 Å². The number of hydrogen-bond acceptors (Lipinski definition) is 5. The van der Waals surface area contributed by atoms with Gasteiger partial charge >= 0.3 is 5.69 Å². The van der Waals surface area contributed by atoms with Crippen molar-refractivity contribution in [2.24, 2.45) is 0 Å². The number of rotatable bonds is 5. The predicted molar refractivity (Wildman–Crippen MR) is 74.0 cm³/mol. The lowest BCUT2D eigenvalue weighted by Gasteiger charge is -2.24. The molecule has 0 saturated heterocycles. The summed E-state index contributed by atoms with van der Waals surface area (Å²) in [6.07, 6.45) is 0. The molecule has 1 unspecified atom stereocenters. The predicted octanol–water partition coefficient (Wildman–Crippen LogP) is 1.35. The molecule has 0 fully saturated rings. The van der Waals surface area contributed by atoms with Crippen molar-refractivity contribution in [1.29, 1.82) is 0 Å². The van der Waals surface area contributed by atoms with E-state index < -0.39 is 39.1 Å². The number of halogens is 1. The highest BCUT2D eigenvalue weighted by Gasteiger charge is 2.33. The Morgan fingerprint density at radius 1 is 1.48 bits per heavy atom. The normalized spacial score (nSPS) is 13.5. The van der Waals surface area contributed by atoms with Crippen molar-refractivity contribution >= 4 is 15.7 Å². The van der Waals surface area contributed by atoms with Gasteiger partial charge in [0.2, 0.25) is 15.8 Å². The van der Waals surface area contributed by atoms with E-state index >= 15 is 0 Å². The fourth-order valence-electron chi connectivity index (χ4n) is 2.02. The molecule has 0 bridgehead atoms. The van der Waals surface area contributed by atoms with E-state index in [0.717, 1.165) is 10.4 Å². The third-order valence-electron chi connectivity index (χ3n) is 3.33. The van der Waals surface area contributed by atoms with E-state index in [0.29, 0.717) is 0 Å². The van der Waals surface area contributed by atoms with E-state index in [4.69, 9.17) is 5.11 Å². The number of hydrogen-bond donors (Lipinski definition) is 1. The summed E-state index contributed by atoms with van der Waals surface area (Å²) in [7, 11) is -2.83. The van der Waals surface area contributed by atoms with Crippen LogP contribution in [-0.2, 0) is 10.0 Å². The molecule has 0 radical (unpaired) electrons. The SMILES string of the molecule is Cc1cc(F)c([N+](=O)[O-])c(C)c1S(=O)(=O)N(C)C(C)CO. The molecule has 0 aromatic heterocycles. The smallest absolute Gasteiger partial charge is 0.309 e. The zero-order valence-corrected chi connectivity index (χ0v) is 12.9. The summed E-state index contributed by atoms with van der Waals surface area (Å²) in [6.45, 7) is 3.64. The van der Waals surface area contributed by atoms with E-state index in [9.17, 15) is 22.9 Å². The lowest BCUT2D eigenvalue weighted by Crippen LogP contribution is -2.38. The van der Waals surface area contributed by atoms with Crippen LogP contribution in [0.4, 0.5) is 10.1 Å². The number of sulfonamides is 1. The lowest BCUT2D eigenvalue weighted by atomic mass is 10.1. The van der Waals surface area contributed by atoms with Crippen molar-refractivity contribution in [2.75, 3.05) is 13.7 Å². The number of aliphatic hydroxyl groups excluding tert-OH is 1. The van der Waals surface area contributed by atoms with Gasteiger partial charge in [-0.05, 0) is 32.4 Å². The number of nitro benzene ring substituents is 1. The molecule has 0 aliphatic heterocycles. The van der Waals surface area contributed by atoms with Crippen LogP contribution in [-0.4, -0.2) is 42.4 Å². The first kappa shape index (κ1) is 17.5. The summed E-state index contributed by atoms with van der Waals surface area (Å²) in [4.78, 5) is 9.66. The van der Waals surface area contributed by atoms with E-state index in [-0.39, 0.29) is 16.0 Å². The Morgan fingerprint density at radius 2 is 2.00 bits per heavy atom. The molecule has 0 spiro atoms. The minimum Gasteiger partial charge on any atom is -0.395 e. The van der Waals surface area contributed by atoms with Gasteiger partial charge in [-0.1, -0.05) is 0 Å². The number of nitrogens with zero attached hydrogens (tertiary/aromatic N) is 2. The Bertz CT molecular complexity index is 675. The maximum Gasteiger partial charge on any atom is 0.309 e. The van der Waals surface area contributed by atoms with Gasteiger partial charge in [0.05, 0.1) is 22.0 Å². The zero-order chi connectivity index (χ0) is 16.5. The van der Waals surface area contributed by atoms with Crippen molar-refractivity contribution in [3.8, 4) is 0 Å². The van der Waals surface area contributed by atoms with Crippen molar-refractivity contribution in [2.45, 2.75) is 31.7 Å². The van der Waals surface area contributed by atoms with Gasteiger partial charge in [0.1, 0.15) is 0 Å². The van der Waals surface area contributed by atoms with E-state index in [1.165, 1.54) is 27.8 Å². The number of nitro groups is 1. The van der Waals surface area contributed by atoms with Crippen LogP contribution in [0.1, 0.15) is 18.1 Å². The second-order valence-electron chi connectivity index (χ2n) is 4.79. The molecule has 9 heteroatoms. The summed E-state index contributed by atoms with van der Waals surface area (Å²) < 4.78 is 39.6. The summed E-state index contributed by atoms with van der Waals surface area (Å²) in [6, 6.07) is 0.119. The largest absolute Gasteiger partial charge is 0.395 e. The van der Waals surface area contributed by atoms with Crippen molar-refractivity contribution in [3.63, 3.8) is 0 Å². The fourth-order valence-corrected chi connectivity index (χ4v) is 3.80. The van der Waals surface area contributed by atoms with Crippen LogP contribution in [0.15, 0.2) is 11.0 Å². The average Bonchev–Trinajstić information content (AvgIpc) is 2.35. The van der Waals surface area contributed by atoms with Crippen LogP contribution in [0.5, 0.6) is 0 Å². The number of likely N-dealkylation sites (N-methyl/N-ethyl adjacent to an activating group) is 1. The highest BCUT2D eigenvalue weighted by atomic mass is 32.2. The lowest BCUT2D eigenvalue weighted by molar-refractivity contribution is -0.388. The first-order chi connectivity index (χ1) is 9.55. The monoisotopic (exact) mass is 320 g/mol. The van der Waals surface area contributed by atoms with Gasteiger partial charge < -0.3 is 5.11 Å². The Hall–Kier alpha value is -1.58. The van der Waals surface area contributed by atoms with Crippen LogP contribution < -0.4 is 0 Å². The molecule has 0 aliphatic carbocycles. The topological polar surface area (TPSA) is 101 Å². The molecule has 118 valence electrons. The van der Waals surface area contributed by atoms with Gasteiger partial charge in [-0.15, -0.1) is 0 Å². The third-order valence-corrected chi connectivity index (χ3v) is 5.59. The molecular weight excluding hydrogens is 303 g/mol. The molecule has 1 rings (SSSR count). The molecule has 1 aromatic carbocycles. The van der Waals surface area contributed by atoms with Crippen LogP contribution >= 0.6 is 0 Å². The average molecular weight is 320 g/mol. The molecule has 0 aliphatic rings. The molecule has 1 N–H and O–H groups in total. The molecule has 21 heavy (non-hydrogen) atoms. The van der Waals surface area contributed by atoms with Gasteiger partial charge in [-0.25, -0.2) is 8.42 Å². The highest BCUT2D eigenvalue weighted by Crippen LogP contribution is 2.32. The summed E-state index contributed by atoms with van der Waals surface area (Å²) in [5, 5.41) is 20.0. The third kappa shape index (κ3) is 3.04. The molecular formula is C12H17FN2O5S. The van der Waals surface area contributed by atoms with Crippen LogP contribution in [0.3, 0.4) is 0 Å². The molecule has 0 amide bonds. The zero-order valence-electron chi connectivity index (χ0n) is 12.1. The maximum absolute atomic E-state index is 13.7. The van der Waals surface area contributed by atoms with Gasteiger partial charge in [0.25, 0.3) is 0 Å². The second kappa shape index (κ2) is 6.04. The first-order valence-corrected chi connectivity index (χ1v) is 7.52. The quantitative estimate of drug-likeness (QED) is 0.652. The Labute approximate surface area is 122 Å². The van der Waals surface area contributed by atoms with Crippen LogP contribution in [0.2, 0.25) is 0 Å². The maximum atomic E-state index is 13.7. The summed E-state index contributed by atoms with van der Waals surface area (Å²) in [5.41, 5.74) is -1.04. The minimum atomic E-state index is -4.08. The standard InChI is InChI=1S/C12H17FN2O5S/c1-7-5-10(13)11(15(17)18)9(3)12(7)21(19,20)14(4)8(2)6-16/h5,8,16H,6H2,1-4H3. The van der Waals surface area contributed by atoms with Crippen LogP contribution in [0.25, 0.3) is 0 Å². The number of benzene rings is 1.